The number of hydrazine groups is 2. The van der Waals surface area contributed by atoms with E-state index in [1.807, 2.05) is 0 Å². The topological polar surface area (TPSA) is 183 Å². The van der Waals surface area contributed by atoms with Gasteiger partial charge in [0.25, 0.3) is 25.9 Å². The number of nitro groups is 1. The van der Waals surface area contributed by atoms with Crippen LogP contribution in [0.3, 0.4) is 0 Å². The van der Waals surface area contributed by atoms with Crippen LogP contribution in [0.2, 0.25) is 0 Å². The van der Waals surface area contributed by atoms with E-state index in [9.17, 15) is 36.1 Å². The zero-order valence-electron chi connectivity index (χ0n) is 17.2. The summed E-state index contributed by atoms with van der Waals surface area (Å²) >= 11 is 2.10. The van der Waals surface area contributed by atoms with Crippen LogP contribution in [-0.4, -0.2) is 36.7 Å². The van der Waals surface area contributed by atoms with Gasteiger partial charge in [0.1, 0.15) is 4.90 Å². The first-order chi connectivity index (χ1) is 16.3. The number of non-ortho nitro benzene ring substituents is 1. The van der Waals surface area contributed by atoms with Crippen LogP contribution >= 0.6 is 22.6 Å². The minimum atomic E-state index is -4.97. The van der Waals surface area contributed by atoms with E-state index in [-0.39, 0.29) is 17.1 Å². The predicted octanol–water partition coefficient (Wildman–Crippen LogP) is 2.80. The molecule has 0 aliphatic carbocycles. The number of halogens is 1. The summed E-state index contributed by atoms with van der Waals surface area (Å²) in [7, 11) is -9.74. The van der Waals surface area contributed by atoms with Crippen LogP contribution in [0.25, 0.3) is 0 Å². The molecule has 3 N–H and O–H groups in total. The largest absolute Gasteiger partial charge is 0.295 e. The van der Waals surface area contributed by atoms with E-state index in [1.165, 1.54) is 34.4 Å². The molecule has 0 fully saturated rings. The molecule has 0 aromatic heterocycles. The first-order valence-electron chi connectivity index (χ1n) is 9.39. The molecule has 1 heterocycles. The van der Waals surface area contributed by atoms with Gasteiger partial charge in [-0.15, -0.1) is 10.6 Å². The lowest BCUT2D eigenvalue weighted by atomic mass is 10.2. The number of anilines is 2. The van der Waals surface area contributed by atoms with Crippen molar-refractivity contribution in [3.63, 3.8) is 0 Å². The summed E-state index contributed by atoms with van der Waals surface area (Å²) in [4.78, 5) is 8.84. The lowest BCUT2D eigenvalue weighted by Crippen LogP contribution is -2.44. The van der Waals surface area contributed by atoms with Gasteiger partial charge in [-0.05, 0) is 77.2 Å². The van der Waals surface area contributed by atoms with Gasteiger partial charge in [-0.1, -0.05) is 0 Å². The summed E-state index contributed by atoms with van der Waals surface area (Å²) in [5.41, 5.74) is 3.42. The predicted molar refractivity (Wildman–Crippen MR) is 133 cm³/mol. The Morgan fingerprint density at radius 2 is 1.49 bits per heavy atom. The molecule has 13 nitrogen and oxygen atoms in total. The Kier molecular flexibility index (Phi) is 6.51. The van der Waals surface area contributed by atoms with Crippen LogP contribution in [0, 0.1) is 13.7 Å². The minimum absolute atomic E-state index is 0.0564. The van der Waals surface area contributed by atoms with Crippen LogP contribution in [0.15, 0.2) is 81.6 Å². The minimum Gasteiger partial charge on any atom is -0.282 e. The summed E-state index contributed by atoms with van der Waals surface area (Å²) < 4.78 is 67.4. The number of nitrogens with one attached hydrogen (secondary N) is 1. The lowest BCUT2D eigenvalue weighted by molar-refractivity contribution is -0.384. The monoisotopic (exact) mass is 631 g/mol. The maximum Gasteiger partial charge on any atom is 0.295 e. The highest BCUT2D eigenvalue weighted by molar-refractivity contribution is 14.1. The van der Waals surface area contributed by atoms with Gasteiger partial charge in [-0.2, -0.15) is 22.0 Å². The van der Waals surface area contributed by atoms with E-state index < -0.39 is 35.0 Å². The number of rotatable bonds is 6. The second kappa shape index (κ2) is 9.13. The third kappa shape index (κ3) is 5.26. The van der Waals surface area contributed by atoms with E-state index in [0.29, 0.717) is 17.4 Å². The first-order valence-corrected chi connectivity index (χ1v) is 13.3. The molecule has 182 valence electrons. The Morgan fingerprint density at radius 1 is 0.886 bits per heavy atom. The van der Waals surface area contributed by atoms with E-state index >= 15 is 0 Å². The molecule has 3 aromatic carbocycles. The number of benzene rings is 3. The normalized spacial score (nSPS) is 14.2. The fourth-order valence-corrected chi connectivity index (χ4v) is 4.79. The summed E-state index contributed by atoms with van der Waals surface area (Å²) in [6.07, 6.45) is 0. The van der Waals surface area contributed by atoms with Gasteiger partial charge in [0.2, 0.25) is 0 Å². The molecule has 1 aliphatic heterocycles. The molecular weight excluding hydrogens is 617 g/mol. The molecular formula is C19H14IN5O8S2. The maximum atomic E-state index is 12.1. The van der Waals surface area contributed by atoms with Crippen molar-refractivity contribution in [1.29, 1.82) is 0 Å². The highest BCUT2D eigenvalue weighted by Crippen LogP contribution is 2.29. The number of hydrogen-bond acceptors (Lipinski definition) is 10. The molecule has 4 rings (SSSR count). The van der Waals surface area contributed by atoms with Gasteiger partial charge in [-0.3, -0.25) is 19.2 Å². The summed E-state index contributed by atoms with van der Waals surface area (Å²) in [6, 6.07) is 14.9. The SMILES string of the molecule is O=[N+]([O-])c1ccc(N2N=C(c3ccc(S(=O)(=O)O)cc3S(=O)(=O)O)N(c3ccc(I)cc3)N2)cc1. The number of nitrogens with zero attached hydrogens (tertiary/aromatic N) is 4. The van der Waals surface area contributed by atoms with Crippen molar-refractivity contribution in [2.45, 2.75) is 9.79 Å². The molecule has 0 unspecified atom stereocenters. The third-order valence-electron chi connectivity index (χ3n) is 4.76. The van der Waals surface area contributed by atoms with Crippen LogP contribution < -0.4 is 15.7 Å². The molecule has 0 spiro atoms. The third-order valence-corrected chi connectivity index (χ3v) is 7.22. The van der Waals surface area contributed by atoms with E-state index in [4.69, 9.17) is 0 Å². The molecule has 0 radical (unpaired) electrons. The molecule has 16 heteroatoms. The van der Waals surface area contributed by atoms with Gasteiger partial charge < -0.3 is 0 Å². The van der Waals surface area contributed by atoms with Crippen LogP contribution in [0.4, 0.5) is 17.1 Å². The smallest absolute Gasteiger partial charge is 0.282 e. The molecule has 1 aliphatic rings. The lowest BCUT2D eigenvalue weighted by Gasteiger charge is -2.23. The number of hydrazone groups is 1. The maximum absolute atomic E-state index is 12.1. The van der Waals surface area contributed by atoms with Gasteiger partial charge >= 0.3 is 0 Å². The standard InChI is InChI=1S/C19H14IN5O8S2/c20-12-1-3-13(4-2-12)23-19(21-24(22-23)14-5-7-15(8-6-14)25(26)27)17-10-9-16(34(28,29)30)11-18(17)35(31,32)33/h1-11,22H,(H,28,29,30)(H,31,32,33). The fraction of sp³-hybridized carbons (Fsp3) is 0. The van der Waals surface area contributed by atoms with Crippen molar-refractivity contribution in [2.24, 2.45) is 5.10 Å². The quantitative estimate of drug-likeness (QED) is 0.157. The van der Waals surface area contributed by atoms with Crippen LogP contribution in [-0.2, 0) is 20.2 Å². The fourth-order valence-electron chi connectivity index (χ4n) is 3.14. The summed E-state index contributed by atoms with van der Waals surface area (Å²) in [5.74, 6) is -0.0564. The van der Waals surface area contributed by atoms with Crippen molar-refractivity contribution in [3.05, 3.63) is 86.0 Å². The summed E-state index contributed by atoms with van der Waals surface area (Å²) in [5, 5.41) is 17.9. The van der Waals surface area contributed by atoms with Crippen LogP contribution in [0.1, 0.15) is 5.56 Å². The zero-order chi connectivity index (χ0) is 25.5. The Hall–Kier alpha value is -3.16. The second-order valence-electron chi connectivity index (χ2n) is 7.03. The van der Waals surface area contributed by atoms with Crippen molar-refractivity contribution in [2.75, 3.05) is 10.1 Å². The van der Waals surface area contributed by atoms with E-state index in [2.05, 4.69) is 33.2 Å². The van der Waals surface area contributed by atoms with Gasteiger partial charge in [0.15, 0.2) is 5.84 Å². The Labute approximate surface area is 212 Å². The number of amidine groups is 1. The first kappa shape index (κ1) is 24.9. The van der Waals surface area contributed by atoms with E-state index in [1.54, 1.807) is 24.3 Å². The van der Waals surface area contributed by atoms with E-state index in [0.717, 1.165) is 15.7 Å². The van der Waals surface area contributed by atoms with Gasteiger partial charge in [-0.25, -0.2) is 5.01 Å². The van der Waals surface area contributed by atoms with Crippen molar-refractivity contribution in [1.82, 2.24) is 5.53 Å². The Morgan fingerprint density at radius 3 is 2.03 bits per heavy atom. The number of nitro benzene ring substituents is 1. The zero-order valence-corrected chi connectivity index (χ0v) is 21.0. The molecule has 3 aromatic rings. The van der Waals surface area contributed by atoms with Crippen LogP contribution in [0.5, 0.6) is 0 Å². The van der Waals surface area contributed by atoms with Gasteiger partial charge in [0, 0.05) is 21.3 Å². The highest BCUT2D eigenvalue weighted by Gasteiger charge is 2.32. The summed E-state index contributed by atoms with van der Waals surface area (Å²) in [6.45, 7) is 0. The van der Waals surface area contributed by atoms with Crippen molar-refractivity contribution < 1.29 is 30.9 Å². The van der Waals surface area contributed by atoms with Gasteiger partial charge in [0.05, 0.1) is 21.2 Å². The molecule has 0 saturated heterocycles. The Balaban J connectivity index is 1.89. The molecule has 0 bridgehead atoms. The average molecular weight is 631 g/mol. The number of hydrogen-bond donors (Lipinski definition) is 3. The molecule has 35 heavy (non-hydrogen) atoms. The van der Waals surface area contributed by atoms with Crippen molar-refractivity contribution >= 4 is 65.7 Å². The second-order valence-corrected chi connectivity index (χ2v) is 11.1. The molecule has 0 amide bonds. The highest BCUT2D eigenvalue weighted by atomic mass is 127. The molecule has 0 atom stereocenters. The molecule has 0 saturated carbocycles. The average Bonchev–Trinajstić information content (AvgIpc) is 3.23. The van der Waals surface area contributed by atoms with Crippen molar-refractivity contribution in [3.8, 4) is 0 Å². The Bertz CT molecular complexity index is 1560.